The van der Waals surface area contributed by atoms with Crippen LogP contribution in [0.4, 0.5) is 10.6 Å². The van der Waals surface area contributed by atoms with Crippen molar-refractivity contribution in [2.45, 2.75) is 45.8 Å². The summed E-state index contributed by atoms with van der Waals surface area (Å²) in [7, 11) is 0. The Hall–Kier alpha value is -1.56. The lowest BCUT2D eigenvalue weighted by Crippen LogP contribution is -2.40. The number of carbonyl (C=O) groups excluding carboxylic acids is 1. The van der Waals surface area contributed by atoms with Crippen molar-refractivity contribution in [3.63, 3.8) is 0 Å². The molecule has 116 valence electrons. The van der Waals surface area contributed by atoms with Crippen LogP contribution in [0, 0.1) is 6.92 Å². The van der Waals surface area contributed by atoms with Gasteiger partial charge in [0.25, 0.3) is 0 Å². The molecule has 1 atom stereocenters. The topological polar surface area (TPSA) is 67.4 Å². The summed E-state index contributed by atoms with van der Waals surface area (Å²) in [5, 5.41) is 3.32. The van der Waals surface area contributed by atoms with E-state index in [2.05, 4.69) is 20.2 Å². The van der Waals surface area contributed by atoms with Gasteiger partial charge in [0, 0.05) is 19.2 Å². The predicted molar refractivity (Wildman–Crippen MR) is 81.8 cm³/mol. The summed E-state index contributed by atoms with van der Waals surface area (Å²) >= 11 is 5.95. The van der Waals surface area contributed by atoms with E-state index in [1.807, 2.05) is 27.7 Å². The number of halogens is 1. The van der Waals surface area contributed by atoms with Crippen molar-refractivity contribution in [3.05, 3.63) is 17.0 Å². The molecule has 6 nitrogen and oxygen atoms in total. The van der Waals surface area contributed by atoms with Crippen LogP contribution in [0.1, 0.15) is 33.0 Å². The molecule has 0 aromatic carbocycles. The van der Waals surface area contributed by atoms with Gasteiger partial charge < -0.3 is 15.0 Å². The van der Waals surface area contributed by atoms with Crippen LogP contribution in [-0.4, -0.2) is 40.8 Å². The zero-order valence-corrected chi connectivity index (χ0v) is 13.6. The molecular weight excluding hydrogens is 292 g/mol. The lowest BCUT2D eigenvalue weighted by atomic mass is 10.2. The molecule has 0 saturated carbocycles. The van der Waals surface area contributed by atoms with E-state index in [1.54, 1.807) is 6.07 Å². The van der Waals surface area contributed by atoms with E-state index in [0.29, 0.717) is 17.5 Å². The minimum Gasteiger partial charge on any atom is -0.444 e. The van der Waals surface area contributed by atoms with E-state index in [1.165, 1.54) is 0 Å². The molecule has 0 aliphatic carbocycles. The first-order chi connectivity index (χ1) is 9.73. The lowest BCUT2D eigenvalue weighted by molar-refractivity contribution is 0.0509. The first-order valence-corrected chi connectivity index (χ1v) is 7.36. The maximum atomic E-state index is 11.8. The summed E-state index contributed by atoms with van der Waals surface area (Å²) in [5.41, 5.74) is -0.486. The number of anilines is 1. The Labute approximate surface area is 129 Å². The van der Waals surface area contributed by atoms with Crippen LogP contribution in [0.5, 0.6) is 0 Å². The number of rotatable bonds is 2. The van der Waals surface area contributed by atoms with Crippen molar-refractivity contribution < 1.29 is 9.53 Å². The second-order valence-electron chi connectivity index (χ2n) is 6.17. The Morgan fingerprint density at radius 1 is 1.48 bits per heavy atom. The van der Waals surface area contributed by atoms with Crippen molar-refractivity contribution in [2.24, 2.45) is 0 Å². The summed E-state index contributed by atoms with van der Waals surface area (Å²) in [4.78, 5) is 22.3. The second kappa shape index (κ2) is 6.05. The monoisotopic (exact) mass is 312 g/mol. The maximum absolute atomic E-state index is 11.8. The fourth-order valence-corrected chi connectivity index (χ4v) is 2.46. The standard InChI is InChI=1S/C14H21ClN4O2/c1-9-16-11(15)7-12(17-9)19-6-5-10(8-19)18-13(20)21-14(2,3)4/h7,10H,5-6,8H2,1-4H3,(H,18,20)/t10-/m1/s1. The summed E-state index contributed by atoms with van der Waals surface area (Å²) < 4.78 is 5.26. The Morgan fingerprint density at radius 2 is 2.19 bits per heavy atom. The number of aromatic nitrogens is 2. The molecular formula is C14H21ClN4O2. The first-order valence-electron chi connectivity index (χ1n) is 6.98. The van der Waals surface area contributed by atoms with Crippen molar-refractivity contribution in [1.29, 1.82) is 0 Å². The molecule has 0 spiro atoms. The van der Waals surface area contributed by atoms with Gasteiger partial charge in [0.15, 0.2) is 0 Å². The van der Waals surface area contributed by atoms with E-state index in [9.17, 15) is 4.79 Å². The number of nitrogens with zero attached hydrogens (tertiary/aromatic N) is 3. The summed E-state index contributed by atoms with van der Waals surface area (Å²) in [6.07, 6.45) is 0.464. The van der Waals surface area contributed by atoms with E-state index in [0.717, 1.165) is 18.8 Å². The van der Waals surface area contributed by atoms with Crippen molar-refractivity contribution >= 4 is 23.5 Å². The number of nitrogens with one attached hydrogen (secondary N) is 1. The fraction of sp³-hybridized carbons (Fsp3) is 0.643. The summed E-state index contributed by atoms with van der Waals surface area (Å²) in [6.45, 7) is 8.85. The lowest BCUT2D eigenvalue weighted by Gasteiger charge is -2.22. The van der Waals surface area contributed by atoms with Gasteiger partial charge in [0.1, 0.15) is 22.4 Å². The quantitative estimate of drug-likeness (QED) is 0.850. The van der Waals surface area contributed by atoms with Gasteiger partial charge in [-0.05, 0) is 34.1 Å². The third-order valence-electron chi connectivity index (χ3n) is 3.03. The average molecular weight is 313 g/mol. The fourth-order valence-electron chi connectivity index (χ4n) is 2.24. The molecule has 21 heavy (non-hydrogen) atoms. The number of hydrogen-bond donors (Lipinski definition) is 1. The van der Waals surface area contributed by atoms with Gasteiger partial charge in [-0.15, -0.1) is 0 Å². The van der Waals surface area contributed by atoms with Crippen LogP contribution >= 0.6 is 11.6 Å². The van der Waals surface area contributed by atoms with Gasteiger partial charge in [0.05, 0.1) is 6.04 Å². The second-order valence-corrected chi connectivity index (χ2v) is 6.56. The zero-order chi connectivity index (χ0) is 15.6. The Bertz CT molecular complexity index is 510. The molecule has 0 radical (unpaired) electrons. The third-order valence-corrected chi connectivity index (χ3v) is 3.22. The smallest absolute Gasteiger partial charge is 0.407 e. The van der Waals surface area contributed by atoms with E-state index in [-0.39, 0.29) is 12.1 Å². The maximum Gasteiger partial charge on any atom is 0.407 e. The van der Waals surface area contributed by atoms with Gasteiger partial charge in [0.2, 0.25) is 0 Å². The molecule has 1 aliphatic heterocycles. The van der Waals surface area contributed by atoms with Crippen LogP contribution in [0.3, 0.4) is 0 Å². The highest BCUT2D eigenvalue weighted by atomic mass is 35.5. The molecule has 0 unspecified atom stereocenters. The van der Waals surface area contributed by atoms with Gasteiger partial charge in [-0.3, -0.25) is 0 Å². The molecule has 2 rings (SSSR count). The molecule has 1 aromatic rings. The predicted octanol–water partition coefficient (Wildman–Crippen LogP) is 2.54. The molecule has 1 aliphatic rings. The number of carbonyl (C=O) groups is 1. The van der Waals surface area contributed by atoms with Gasteiger partial charge in [-0.25, -0.2) is 14.8 Å². The molecule has 1 amide bonds. The Kier molecular flexibility index (Phi) is 4.56. The zero-order valence-electron chi connectivity index (χ0n) is 12.8. The highest BCUT2D eigenvalue weighted by molar-refractivity contribution is 6.29. The average Bonchev–Trinajstić information content (AvgIpc) is 2.73. The van der Waals surface area contributed by atoms with E-state index in [4.69, 9.17) is 16.3 Å². The van der Waals surface area contributed by atoms with Crippen LogP contribution in [0.25, 0.3) is 0 Å². The highest BCUT2D eigenvalue weighted by Crippen LogP contribution is 2.21. The normalized spacial score (nSPS) is 18.7. The first kappa shape index (κ1) is 15.8. The van der Waals surface area contributed by atoms with Crippen LogP contribution in [0.15, 0.2) is 6.07 Å². The third kappa shape index (κ3) is 4.74. The number of aryl methyl sites for hydroxylation is 1. The number of ether oxygens (including phenoxy) is 1. The van der Waals surface area contributed by atoms with Gasteiger partial charge >= 0.3 is 6.09 Å². The Morgan fingerprint density at radius 3 is 2.81 bits per heavy atom. The minimum atomic E-state index is -0.486. The molecule has 2 heterocycles. The van der Waals surface area contributed by atoms with Crippen molar-refractivity contribution in [1.82, 2.24) is 15.3 Å². The number of amides is 1. The summed E-state index contributed by atoms with van der Waals surface area (Å²) in [5.74, 6) is 1.43. The van der Waals surface area contributed by atoms with Crippen molar-refractivity contribution in [3.8, 4) is 0 Å². The van der Waals surface area contributed by atoms with E-state index < -0.39 is 5.60 Å². The highest BCUT2D eigenvalue weighted by Gasteiger charge is 2.27. The number of alkyl carbamates (subject to hydrolysis) is 1. The van der Waals surface area contributed by atoms with Crippen LogP contribution < -0.4 is 10.2 Å². The van der Waals surface area contributed by atoms with Crippen LogP contribution in [0.2, 0.25) is 5.15 Å². The number of hydrogen-bond acceptors (Lipinski definition) is 5. The van der Waals surface area contributed by atoms with Gasteiger partial charge in [-0.1, -0.05) is 11.6 Å². The van der Waals surface area contributed by atoms with Crippen LogP contribution in [-0.2, 0) is 4.74 Å². The SMILES string of the molecule is Cc1nc(Cl)cc(N2CC[C@@H](NC(=O)OC(C)(C)C)C2)n1. The molecule has 7 heteroatoms. The minimum absolute atomic E-state index is 0.0499. The largest absolute Gasteiger partial charge is 0.444 e. The van der Waals surface area contributed by atoms with E-state index >= 15 is 0 Å². The Balaban J connectivity index is 1.93. The van der Waals surface area contributed by atoms with Gasteiger partial charge in [-0.2, -0.15) is 0 Å². The molecule has 1 saturated heterocycles. The molecule has 1 N–H and O–H groups in total. The summed E-state index contributed by atoms with van der Waals surface area (Å²) in [6, 6.07) is 1.79. The van der Waals surface area contributed by atoms with Crippen molar-refractivity contribution in [2.75, 3.05) is 18.0 Å². The molecule has 1 aromatic heterocycles. The molecule has 0 bridgehead atoms. The molecule has 1 fully saturated rings.